The molecule has 1 fully saturated rings. The lowest BCUT2D eigenvalue weighted by Gasteiger charge is -2.07. The van der Waals surface area contributed by atoms with Gasteiger partial charge in [0.15, 0.2) is 9.84 Å². The molecule has 3 N–H and O–H groups in total. The smallest absolute Gasteiger partial charge is 0.293 e. The van der Waals surface area contributed by atoms with Crippen LogP contribution in [0.5, 0.6) is 0 Å². The third-order valence-corrected chi connectivity index (χ3v) is 6.89. The number of sulfone groups is 1. The Hall–Kier alpha value is -2.89. The van der Waals surface area contributed by atoms with Gasteiger partial charge in [-0.1, -0.05) is 6.07 Å². The molecule has 1 atom stereocenters. The highest BCUT2D eigenvalue weighted by molar-refractivity contribution is 7.91. The Morgan fingerprint density at radius 1 is 1.34 bits per heavy atom. The Labute approximate surface area is 184 Å². The standard InChI is InChI=1S/C16H13F2N3O2.C5H11NO2S/c1-9-7-21(8-10-2-3-11(17)4-13(10)18)15-6-19-14(5-12(9)15)16(22)20-23;1-9(7,8)5-2-3-6-4-5/h2-7,23H,8H2,1H3,(H,20,22);5-6H,2-4H2,1H3. The van der Waals surface area contributed by atoms with Crippen molar-refractivity contribution in [3.63, 3.8) is 0 Å². The Kier molecular flexibility index (Phi) is 7.22. The zero-order valence-electron chi connectivity index (χ0n) is 17.6. The number of hydroxylamine groups is 1. The Bertz CT molecular complexity index is 1240. The second kappa shape index (κ2) is 9.72. The number of nitrogens with one attached hydrogen (secondary N) is 2. The van der Waals surface area contributed by atoms with E-state index in [0.717, 1.165) is 30.0 Å². The minimum atomic E-state index is -2.77. The first-order chi connectivity index (χ1) is 15.1. The van der Waals surface area contributed by atoms with Crippen LogP contribution in [0.3, 0.4) is 0 Å². The summed E-state index contributed by atoms with van der Waals surface area (Å²) in [6.07, 6.45) is 5.35. The lowest BCUT2D eigenvalue weighted by molar-refractivity contribution is 0.0701. The number of hydrogen-bond acceptors (Lipinski definition) is 6. The topological polar surface area (TPSA) is 113 Å². The SMILES string of the molecule is CS(=O)(=O)C1CCNC1.Cc1cn(Cc2ccc(F)cc2F)c2cnc(C(=O)NO)cc12. The van der Waals surface area contributed by atoms with Crippen LogP contribution in [-0.2, 0) is 16.4 Å². The molecule has 1 aliphatic rings. The van der Waals surface area contributed by atoms with E-state index in [0.29, 0.717) is 17.6 Å². The van der Waals surface area contributed by atoms with Gasteiger partial charge in [0.1, 0.15) is 17.3 Å². The van der Waals surface area contributed by atoms with Crippen molar-refractivity contribution in [2.45, 2.75) is 25.1 Å². The summed E-state index contributed by atoms with van der Waals surface area (Å²) in [6.45, 7) is 3.54. The summed E-state index contributed by atoms with van der Waals surface area (Å²) in [5.74, 6) is -1.95. The van der Waals surface area contributed by atoms with Gasteiger partial charge in [0.25, 0.3) is 5.91 Å². The van der Waals surface area contributed by atoms with Crippen LogP contribution in [0.15, 0.2) is 36.7 Å². The molecule has 0 radical (unpaired) electrons. The molecule has 3 heterocycles. The molecule has 172 valence electrons. The monoisotopic (exact) mass is 466 g/mol. The minimum Gasteiger partial charge on any atom is -0.341 e. The van der Waals surface area contributed by atoms with Crippen LogP contribution < -0.4 is 10.8 Å². The van der Waals surface area contributed by atoms with E-state index >= 15 is 0 Å². The van der Waals surface area contributed by atoms with Gasteiger partial charge in [0, 0.05) is 36.0 Å². The second-order valence-electron chi connectivity index (χ2n) is 7.65. The lowest BCUT2D eigenvalue weighted by atomic mass is 10.2. The van der Waals surface area contributed by atoms with Gasteiger partial charge < -0.3 is 9.88 Å². The molecule has 0 saturated carbocycles. The number of carbonyl (C=O) groups is 1. The van der Waals surface area contributed by atoms with E-state index in [1.54, 1.807) is 16.8 Å². The van der Waals surface area contributed by atoms with Gasteiger partial charge in [-0.25, -0.2) is 27.7 Å². The number of carbonyl (C=O) groups excluding carboxylic acids is 1. The highest BCUT2D eigenvalue weighted by atomic mass is 32.2. The lowest BCUT2D eigenvalue weighted by Crippen LogP contribution is -2.22. The molecule has 0 spiro atoms. The predicted octanol–water partition coefficient (Wildman–Crippen LogP) is 2.18. The first-order valence-corrected chi connectivity index (χ1v) is 11.8. The van der Waals surface area contributed by atoms with E-state index in [2.05, 4.69) is 10.3 Å². The summed E-state index contributed by atoms with van der Waals surface area (Å²) in [5.41, 5.74) is 3.54. The fraction of sp³-hybridized carbons (Fsp3) is 0.333. The number of nitrogens with zero attached hydrogens (tertiary/aromatic N) is 2. The van der Waals surface area contributed by atoms with Gasteiger partial charge in [-0.2, -0.15) is 0 Å². The molecule has 11 heteroatoms. The molecule has 1 aliphatic heterocycles. The molecule has 3 aromatic rings. The van der Waals surface area contributed by atoms with Crippen LogP contribution in [-0.4, -0.2) is 53.7 Å². The van der Waals surface area contributed by atoms with Crippen LogP contribution >= 0.6 is 0 Å². The van der Waals surface area contributed by atoms with Crippen LogP contribution in [0.4, 0.5) is 8.78 Å². The summed E-state index contributed by atoms with van der Waals surface area (Å²) in [4.78, 5) is 15.4. The molecular weight excluding hydrogens is 442 g/mol. The number of benzene rings is 1. The maximum absolute atomic E-state index is 13.8. The van der Waals surface area contributed by atoms with E-state index in [1.807, 2.05) is 6.92 Å². The zero-order valence-corrected chi connectivity index (χ0v) is 18.4. The average molecular weight is 467 g/mol. The van der Waals surface area contributed by atoms with Gasteiger partial charge in [0.2, 0.25) is 0 Å². The Morgan fingerprint density at radius 3 is 2.66 bits per heavy atom. The molecule has 4 rings (SSSR count). The number of fused-ring (bicyclic) bond motifs is 1. The van der Waals surface area contributed by atoms with Crippen molar-refractivity contribution >= 4 is 26.6 Å². The van der Waals surface area contributed by atoms with Crippen molar-refractivity contribution in [2.75, 3.05) is 19.3 Å². The number of amides is 1. The number of hydrogen-bond donors (Lipinski definition) is 3. The fourth-order valence-electron chi connectivity index (χ4n) is 3.51. The van der Waals surface area contributed by atoms with Gasteiger partial charge >= 0.3 is 0 Å². The van der Waals surface area contributed by atoms with Crippen LogP contribution in [0.1, 0.15) is 28.0 Å². The molecular formula is C21H24F2N4O4S. The minimum absolute atomic E-state index is 0.0776. The number of halogens is 2. The molecule has 32 heavy (non-hydrogen) atoms. The van der Waals surface area contributed by atoms with E-state index < -0.39 is 27.4 Å². The average Bonchev–Trinajstić information content (AvgIpc) is 3.39. The summed E-state index contributed by atoms with van der Waals surface area (Å²) in [7, 11) is -2.77. The highest BCUT2D eigenvalue weighted by Crippen LogP contribution is 2.23. The summed E-state index contributed by atoms with van der Waals surface area (Å²) in [6, 6.07) is 5.00. The first-order valence-electron chi connectivity index (χ1n) is 9.83. The number of aromatic nitrogens is 2. The first kappa shape index (κ1) is 23.8. The van der Waals surface area contributed by atoms with Gasteiger partial charge in [0.05, 0.1) is 23.5 Å². The molecule has 1 amide bonds. The summed E-state index contributed by atoms with van der Waals surface area (Å²) < 4.78 is 50.2. The third kappa shape index (κ3) is 5.47. The van der Waals surface area contributed by atoms with Crippen molar-refractivity contribution in [1.82, 2.24) is 20.3 Å². The van der Waals surface area contributed by atoms with E-state index in [1.165, 1.54) is 30.1 Å². The molecule has 2 aromatic heterocycles. The summed E-state index contributed by atoms with van der Waals surface area (Å²) >= 11 is 0. The van der Waals surface area contributed by atoms with E-state index in [-0.39, 0.29) is 17.5 Å². The van der Waals surface area contributed by atoms with Crippen molar-refractivity contribution < 1.29 is 27.2 Å². The Morgan fingerprint density at radius 2 is 2.09 bits per heavy atom. The number of aryl methyl sites for hydroxylation is 1. The molecule has 1 unspecified atom stereocenters. The van der Waals surface area contributed by atoms with Crippen LogP contribution in [0.25, 0.3) is 10.9 Å². The van der Waals surface area contributed by atoms with Gasteiger partial charge in [-0.3, -0.25) is 10.0 Å². The fourth-order valence-corrected chi connectivity index (χ4v) is 4.47. The van der Waals surface area contributed by atoms with Crippen molar-refractivity contribution in [3.8, 4) is 0 Å². The summed E-state index contributed by atoms with van der Waals surface area (Å²) in [5, 5.41) is 12.3. The zero-order chi connectivity index (χ0) is 23.5. The molecule has 0 aliphatic carbocycles. The van der Waals surface area contributed by atoms with Crippen LogP contribution in [0, 0.1) is 18.6 Å². The molecule has 0 bridgehead atoms. The predicted molar refractivity (Wildman–Crippen MR) is 115 cm³/mol. The largest absolute Gasteiger partial charge is 0.341 e. The quantitative estimate of drug-likeness (QED) is 0.401. The van der Waals surface area contributed by atoms with E-state index in [4.69, 9.17) is 5.21 Å². The molecule has 1 aromatic carbocycles. The normalized spacial score (nSPS) is 16.0. The van der Waals surface area contributed by atoms with Crippen molar-refractivity contribution in [2.24, 2.45) is 0 Å². The van der Waals surface area contributed by atoms with Crippen molar-refractivity contribution in [3.05, 3.63) is 65.1 Å². The maximum atomic E-state index is 13.8. The second-order valence-corrected chi connectivity index (χ2v) is 9.97. The number of rotatable bonds is 4. The molecule has 1 saturated heterocycles. The van der Waals surface area contributed by atoms with Gasteiger partial charge in [-0.05, 0) is 37.6 Å². The molecule has 8 nitrogen and oxygen atoms in total. The Balaban J connectivity index is 0.000000269. The third-order valence-electron chi connectivity index (χ3n) is 5.28. The van der Waals surface area contributed by atoms with Gasteiger partial charge in [-0.15, -0.1) is 0 Å². The van der Waals surface area contributed by atoms with Crippen molar-refractivity contribution in [1.29, 1.82) is 0 Å². The maximum Gasteiger partial charge on any atom is 0.293 e. The number of pyridine rings is 1. The van der Waals surface area contributed by atoms with E-state index in [9.17, 15) is 22.0 Å². The highest BCUT2D eigenvalue weighted by Gasteiger charge is 2.23. The van der Waals surface area contributed by atoms with Crippen LogP contribution in [0.2, 0.25) is 0 Å².